The molecular weight excluding hydrogens is 332 g/mol. The van der Waals surface area contributed by atoms with Crippen LogP contribution in [0.15, 0.2) is 18.2 Å². The van der Waals surface area contributed by atoms with E-state index in [0.29, 0.717) is 18.6 Å². The van der Waals surface area contributed by atoms with Gasteiger partial charge in [-0.2, -0.15) is 0 Å². The number of nitrogens with zero attached hydrogens (tertiary/aromatic N) is 2. The summed E-state index contributed by atoms with van der Waals surface area (Å²) in [6.45, 7) is 3.97. The second-order valence-corrected chi connectivity index (χ2v) is 7.64. The van der Waals surface area contributed by atoms with E-state index >= 15 is 0 Å². The van der Waals surface area contributed by atoms with Crippen LogP contribution in [0.25, 0.3) is 0 Å². The highest BCUT2D eigenvalue weighted by Gasteiger charge is 2.55. The molecule has 1 atom stereocenters. The summed E-state index contributed by atoms with van der Waals surface area (Å²) in [5.74, 6) is 0.511. The molecule has 1 saturated heterocycles. The Balaban J connectivity index is 1.62. The Morgan fingerprint density at radius 3 is 2.35 bits per heavy atom. The lowest BCUT2D eigenvalue weighted by Crippen LogP contribution is -2.49. The fourth-order valence-corrected chi connectivity index (χ4v) is 4.16. The van der Waals surface area contributed by atoms with E-state index < -0.39 is 11.6 Å². The Hall–Kier alpha value is -2.08. The fourth-order valence-electron chi connectivity index (χ4n) is 4.16. The van der Waals surface area contributed by atoms with E-state index in [0.717, 1.165) is 30.4 Å². The van der Waals surface area contributed by atoms with E-state index in [2.05, 4.69) is 0 Å². The van der Waals surface area contributed by atoms with Crippen LogP contribution < -0.4 is 4.74 Å². The van der Waals surface area contributed by atoms with Crippen molar-refractivity contribution in [2.45, 2.75) is 57.6 Å². The first-order chi connectivity index (χ1) is 12.3. The normalized spacial score (nSPS) is 20.8. The zero-order valence-corrected chi connectivity index (χ0v) is 15.8. The van der Waals surface area contributed by atoms with Gasteiger partial charge in [-0.15, -0.1) is 0 Å². The molecule has 1 heterocycles. The molecule has 142 valence electrons. The number of ether oxygens (including phenoxy) is 1. The van der Waals surface area contributed by atoms with Gasteiger partial charge >= 0.3 is 6.03 Å². The molecule has 1 spiro atoms. The molecule has 1 aromatic rings. The van der Waals surface area contributed by atoms with Crippen LogP contribution in [0, 0.1) is 13.8 Å². The summed E-state index contributed by atoms with van der Waals surface area (Å²) in [7, 11) is 1.70. The first kappa shape index (κ1) is 18.7. The highest BCUT2D eigenvalue weighted by molar-refractivity contribution is 6.07. The second kappa shape index (κ2) is 7.27. The average Bonchev–Trinajstić information content (AvgIpc) is 2.76. The van der Waals surface area contributed by atoms with Crippen molar-refractivity contribution in [3.63, 3.8) is 0 Å². The van der Waals surface area contributed by atoms with Gasteiger partial charge in [0.15, 0.2) is 0 Å². The maximum atomic E-state index is 12.9. The van der Waals surface area contributed by atoms with Crippen LogP contribution in [-0.4, -0.2) is 58.7 Å². The van der Waals surface area contributed by atoms with Crippen molar-refractivity contribution in [2.24, 2.45) is 0 Å². The van der Waals surface area contributed by atoms with Crippen LogP contribution in [0.5, 0.6) is 5.75 Å². The van der Waals surface area contributed by atoms with Crippen LogP contribution in [0.1, 0.15) is 43.2 Å². The molecule has 26 heavy (non-hydrogen) atoms. The largest absolute Gasteiger partial charge is 0.491 e. The third-order valence-corrected chi connectivity index (χ3v) is 5.51. The fraction of sp³-hybridized carbons (Fsp3) is 0.600. The molecule has 0 bridgehead atoms. The molecular formula is C20H28N2O4. The molecule has 0 unspecified atom stereocenters. The van der Waals surface area contributed by atoms with Crippen LogP contribution in [0.3, 0.4) is 0 Å². The second-order valence-electron chi connectivity index (χ2n) is 7.64. The molecule has 2 fully saturated rings. The number of aryl methyl sites for hydroxylation is 2. The Morgan fingerprint density at radius 1 is 1.12 bits per heavy atom. The van der Waals surface area contributed by atoms with Gasteiger partial charge in [-0.1, -0.05) is 25.3 Å². The summed E-state index contributed by atoms with van der Waals surface area (Å²) in [4.78, 5) is 28.3. The molecule has 1 aromatic carbocycles. The first-order valence-corrected chi connectivity index (χ1v) is 9.32. The highest BCUT2D eigenvalue weighted by Crippen LogP contribution is 2.39. The molecule has 6 nitrogen and oxygen atoms in total. The van der Waals surface area contributed by atoms with Crippen molar-refractivity contribution in [1.82, 2.24) is 9.80 Å². The summed E-state index contributed by atoms with van der Waals surface area (Å²) in [6.07, 6.45) is 3.50. The minimum Gasteiger partial charge on any atom is -0.491 e. The molecule has 1 saturated carbocycles. The van der Waals surface area contributed by atoms with E-state index in [-0.39, 0.29) is 25.1 Å². The van der Waals surface area contributed by atoms with Gasteiger partial charge in [0, 0.05) is 7.05 Å². The standard InChI is InChI=1S/C20H28N2O4/c1-14-9-15(2)11-17(10-14)26-13-16(23)12-22-18(24)20(21(3)19(22)25)7-5-4-6-8-20/h9-11,16,23H,4-8,12-13H2,1-3H3/t16-/m0/s1. The van der Waals surface area contributed by atoms with Gasteiger partial charge in [-0.05, 0) is 49.9 Å². The maximum Gasteiger partial charge on any atom is 0.327 e. The molecule has 0 radical (unpaired) electrons. The Kier molecular flexibility index (Phi) is 5.23. The van der Waals surface area contributed by atoms with Gasteiger partial charge in [0.25, 0.3) is 5.91 Å². The van der Waals surface area contributed by atoms with Crippen molar-refractivity contribution in [2.75, 3.05) is 20.2 Å². The van der Waals surface area contributed by atoms with Crippen molar-refractivity contribution in [1.29, 1.82) is 0 Å². The number of hydrogen-bond donors (Lipinski definition) is 1. The van der Waals surface area contributed by atoms with Gasteiger partial charge in [0.05, 0.1) is 6.54 Å². The zero-order chi connectivity index (χ0) is 18.9. The minimum absolute atomic E-state index is 0.0332. The van der Waals surface area contributed by atoms with Crippen LogP contribution in [0.2, 0.25) is 0 Å². The zero-order valence-electron chi connectivity index (χ0n) is 15.8. The number of aliphatic hydroxyl groups is 1. The lowest BCUT2D eigenvalue weighted by Gasteiger charge is -2.35. The van der Waals surface area contributed by atoms with E-state index in [1.807, 2.05) is 32.0 Å². The predicted octanol–water partition coefficient (Wildman–Crippen LogP) is 2.64. The quantitative estimate of drug-likeness (QED) is 0.820. The summed E-state index contributed by atoms with van der Waals surface area (Å²) in [5, 5.41) is 10.3. The van der Waals surface area contributed by atoms with E-state index in [1.165, 1.54) is 4.90 Å². The third-order valence-electron chi connectivity index (χ3n) is 5.51. The predicted molar refractivity (Wildman–Crippen MR) is 98.1 cm³/mol. The number of β-amino-alcohol motifs (C(OH)–C–C–N with tert-alkyl or cyclic N) is 1. The number of aliphatic hydroxyl groups excluding tert-OH is 1. The van der Waals surface area contributed by atoms with E-state index in [9.17, 15) is 14.7 Å². The van der Waals surface area contributed by atoms with Crippen LogP contribution >= 0.6 is 0 Å². The third kappa shape index (κ3) is 3.43. The smallest absolute Gasteiger partial charge is 0.327 e. The lowest BCUT2D eigenvalue weighted by molar-refractivity contribution is -0.135. The monoisotopic (exact) mass is 360 g/mol. The van der Waals surface area contributed by atoms with Crippen molar-refractivity contribution < 1.29 is 19.4 Å². The number of imide groups is 1. The number of rotatable bonds is 5. The van der Waals surface area contributed by atoms with Gasteiger partial charge in [-0.25, -0.2) is 4.79 Å². The van der Waals surface area contributed by atoms with Crippen molar-refractivity contribution >= 4 is 11.9 Å². The number of benzene rings is 1. The molecule has 6 heteroatoms. The molecule has 0 aromatic heterocycles. The van der Waals surface area contributed by atoms with Gasteiger partial charge < -0.3 is 14.7 Å². The topological polar surface area (TPSA) is 70.1 Å². The Morgan fingerprint density at radius 2 is 1.73 bits per heavy atom. The lowest BCUT2D eigenvalue weighted by atomic mass is 9.81. The van der Waals surface area contributed by atoms with Crippen LogP contribution in [0.4, 0.5) is 4.79 Å². The Bertz CT molecular complexity index is 677. The summed E-state index contributed by atoms with van der Waals surface area (Å²) < 4.78 is 5.66. The van der Waals surface area contributed by atoms with E-state index in [1.54, 1.807) is 11.9 Å². The number of amides is 3. The molecule has 3 rings (SSSR count). The number of carbonyl (C=O) groups is 2. The molecule has 1 N–H and O–H groups in total. The number of hydrogen-bond acceptors (Lipinski definition) is 4. The first-order valence-electron chi connectivity index (χ1n) is 9.32. The number of carbonyl (C=O) groups excluding carboxylic acids is 2. The average molecular weight is 360 g/mol. The summed E-state index contributed by atoms with van der Waals surface area (Å²) in [5.41, 5.74) is 1.46. The highest BCUT2D eigenvalue weighted by atomic mass is 16.5. The van der Waals surface area contributed by atoms with Gasteiger partial charge in [0.2, 0.25) is 0 Å². The molecule has 3 amide bonds. The number of likely N-dealkylation sites (N-methyl/N-ethyl adjacent to an activating group) is 1. The maximum absolute atomic E-state index is 12.9. The van der Waals surface area contributed by atoms with E-state index in [4.69, 9.17) is 4.74 Å². The summed E-state index contributed by atoms with van der Waals surface area (Å²) in [6, 6.07) is 5.53. The SMILES string of the molecule is Cc1cc(C)cc(OC[C@@H](O)CN2C(=O)N(C)C3(CCCCC3)C2=O)c1. The minimum atomic E-state index is -0.921. The number of urea groups is 1. The molecule has 2 aliphatic rings. The molecule has 1 aliphatic carbocycles. The Labute approximate surface area is 154 Å². The molecule has 1 aliphatic heterocycles. The van der Waals surface area contributed by atoms with Gasteiger partial charge in [0.1, 0.15) is 24.0 Å². The van der Waals surface area contributed by atoms with Gasteiger partial charge in [-0.3, -0.25) is 9.69 Å². The van der Waals surface area contributed by atoms with Crippen molar-refractivity contribution in [3.8, 4) is 5.75 Å². The van der Waals surface area contributed by atoms with Crippen LogP contribution in [-0.2, 0) is 4.79 Å². The van der Waals surface area contributed by atoms with Crippen molar-refractivity contribution in [3.05, 3.63) is 29.3 Å². The summed E-state index contributed by atoms with van der Waals surface area (Å²) >= 11 is 0.